The Morgan fingerprint density at radius 2 is 1.95 bits per heavy atom. The van der Waals surface area contributed by atoms with E-state index in [2.05, 4.69) is 15.9 Å². The number of hydrogen-bond acceptors (Lipinski definition) is 4. The molecule has 0 saturated carbocycles. The van der Waals surface area contributed by atoms with Crippen molar-refractivity contribution in [2.24, 2.45) is 0 Å². The molecule has 2 rings (SSSR count). The quantitative estimate of drug-likeness (QED) is 0.630. The Morgan fingerprint density at radius 3 is 2.55 bits per heavy atom. The van der Waals surface area contributed by atoms with E-state index >= 15 is 0 Å². The van der Waals surface area contributed by atoms with E-state index in [4.69, 9.17) is 10.00 Å². The number of benzene rings is 2. The third-order valence-corrected chi connectivity index (χ3v) is 3.26. The normalized spacial score (nSPS) is 9.80. The average molecular weight is 333 g/mol. The lowest BCUT2D eigenvalue weighted by Gasteiger charge is -2.08. The van der Waals surface area contributed by atoms with E-state index in [-0.39, 0.29) is 12.3 Å². The Morgan fingerprint density at radius 1 is 1.25 bits per heavy atom. The molecule has 0 aromatic heterocycles. The van der Waals surface area contributed by atoms with Crippen LogP contribution in [-0.2, 0) is 6.61 Å². The zero-order chi connectivity index (χ0) is 14.5. The van der Waals surface area contributed by atoms with Gasteiger partial charge < -0.3 is 4.74 Å². The van der Waals surface area contributed by atoms with Gasteiger partial charge in [0.2, 0.25) is 0 Å². The molecule has 0 aliphatic carbocycles. The minimum atomic E-state index is -0.471. The first-order valence-corrected chi connectivity index (χ1v) is 6.45. The van der Waals surface area contributed by atoms with Gasteiger partial charge >= 0.3 is 0 Å². The van der Waals surface area contributed by atoms with Crippen molar-refractivity contribution in [3.63, 3.8) is 0 Å². The van der Waals surface area contributed by atoms with Crippen molar-refractivity contribution in [2.75, 3.05) is 0 Å². The van der Waals surface area contributed by atoms with Gasteiger partial charge in [-0.25, -0.2) is 0 Å². The first-order valence-electron chi connectivity index (χ1n) is 5.66. The predicted octanol–water partition coefficient (Wildman–Crippen LogP) is 3.81. The maximum atomic E-state index is 10.7. The molecule has 2 aromatic rings. The highest BCUT2D eigenvalue weighted by molar-refractivity contribution is 9.10. The highest BCUT2D eigenvalue weighted by Crippen LogP contribution is 2.29. The Kier molecular flexibility index (Phi) is 4.33. The van der Waals surface area contributed by atoms with Gasteiger partial charge in [0.15, 0.2) is 0 Å². The van der Waals surface area contributed by atoms with Crippen LogP contribution in [0, 0.1) is 21.4 Å². The highest BCUT2D eigenvalue weighted by Gasteiger charge is 2.10. The van der Waals surface area contributed by atoms with Crippen LogP contribution in [0.15, 0.2) is 46.9 Å². The van der Waals surface area contributed by atoms with Crippen LogP contribution in [0.3, 0.4) is 0 Å². The van der Waals surface area contributed by atoms with E-state index < -0.39 is 4.92 Å². The number of nitro groups is 1. The molecule has 0 N–H and O–H groups in total. The molecule has 20 heavy (non-hydrogen) atoms. The molecule has 0 aliphatic rings. The van der Waals surface area contributed by atoms with Gasteiger partial charge in [-0.2, -0.15) is 5.26 Å². The molecule has 0 fully saturated rings. The second-order valence-corrected chi connectivity index (χ2v) is 4.82. The lowest BCUT2D eigenvalue weighted by atomic mass is 10.1. The summed E-state index contributed by atoms with van der Waals surface area (Å²) in [7, 11) is 0. The number of nitriles is 1. The van der Waals surface area contributed by atoms with E-state index in [1.807, 2.05) is 6.07 Å². The third-order valence-electron chi connectivity index (χ3n) is 2.60. The van der Waals surface area contributed by atoms with Crippen LogP contribution >= 0.6 is 15.9 Å². The predicted molar refractivity (Wildman–Crippen MR) is 76.3 cm³/mol. The van der Waals surface area contributed by atoms with Gasteiger partial charge in [-0.15, -0.1) is 0 Å². The molecule has 0 saturated heterocycles. The summed E-state index contributed by atoms with van der Waals surface area (Å²) in [6, 6.07) is 13.3. The maximum absolute atomic E-state index is 10.7. The number of ether oxygens (including phenoxy) is 1. The molecule has 2 aromatic carbocycles. The van der Waals surface area contributed by atoms with E-state index in [9.17, 15) is 10.1 Å². The van der Waals surface area contributed by atoms with Gasteiger partial charge in [-0.05, 0) is 39.7 Å². The smallest absolute Gasteiger partial charge is 0.273 e. The Bertz CT molecular complexity index is 678. The molecule has 0 spiro atoms. The van der Waals surface area contributed by atoms with Crippen LogP contribution in [-0.4, -0.2) is 4.92 Å². The number of hydrogen-bond donors (Lipinski definition) is 0. The molecule has 0 bridgehead atoms. The molecule has 6 heteroatoms. The number of rotatable bonds is 4. The van der Waals surface area contributed by atoms with Crippen molar-refractivity contribution in [3.05, 3.63) is 68.2 Å². The summed E-state index contributed by atoms with van der Waals surface area (Å²) in [5.41, 5.74) is 1.43. The Hall–Kier alpha value is -2.39. The molecular formula is C14H9BrN2O3. The minimum absolute atomic E-state index is 0.0250. The van der Waals surface area contributed by atoms with Crippen molar-refractivity contribution in [2.45, 2.75) is 6.61 Å². The first-order chi connectivity index (χ1) is 9.60. The van der Waals surface area contributed by atoms with Crippen molar-refractivity contribution >= 4 is 21.6 Å². The second-order valence-electron chi connectivity index (χ2n) is 3.97. The molecule has 5 nitrogen and oxygen atoms in total. The monoisotopic (exact) mass is 332 g/mol. The topological polar surface area (TPSA) is 76.2 Å². The average Bonchev–Trinajstić information content (AvgIpc) is 2.46. The van der Waals surface area contributed by atoms with Crippen LogP contribution in [0.2, 0.25) is 0 Å². The van der Waals surface area contributed by atoms with E-state index in [0.29, 0.717) is 15.8 Å². The fraction of sp³-hybridized carbons (Fsp3) is 0.0714. The van der Waals surface area contributed by atoms with Gasteiger partial charge in [0, 0.05) is 6.07 Å². The molecular weight excluding hydrogens is 324 g/mol. The minimum Gasteiger partial charge on any atom is -0.487 e. The summed E-state index contributed by atoms with van der Waals surface area (Å²) in [6.45, 7) is 0.269. The number of non-ortho nitro benzene ring substituents is 1. The molecule has 0 unspecified atom stereocenters. The SMILES string of the molecule is N#Cc1ccc(COc2cc([N+](=O)[O-])ccc2Br)cc1. The van der Waals surface area contributed by atoms with Gasteiger partial charge in [0.25, 0.3) is 5.69 Å². The van der Waals surface area contributed by atoms with Crippen LogP contribution in [0.1, 0.15) is 11.1 Å². The summed E-state index contributed by atoms with van der Waals surface area (Å²) in [5, 5.41) is 19.4. The van der Waals surface area contributed by atoms with Gasteiger partial charge in [0.1, 0.15) is 12.4 Å². The number of halogens is 1. The zero-order valence-corrected chi connectivity index (χ0v) is 11.8. The van der Waals surface area contributed by atoms with Gasteiger partial charge in [-0.1, -0.05) is 12.1 Å². The van der Waals surface area contributed by atoms with Crippen LogP contribution in [0.5, 0.6) is 5.75 Å². The lowest BCUT2D eigenvalue weighted by Crippen LogP contribution is -1.97. The second kappa shape index (κ2) is 6.17. The van der Waals surface area contributed by atoms with Crippen molar-refractivity contribution in [1.29, 1.82) is 5.26 Å². The Labute approximate surface area is 123 Å². The fourth-order valence-corrected chi connectivity index (χ4v) is 1.91. The van der Waals surface area contributed by atoms with E-state index in [1.54, 1.807) is 30.3 Å². The summed E-state index contributed by atoms with van der Waals surface area (Å²) >= 11 is 3.29. The summed E-state index contributed by atoms with van der Waals surface area (Å²) < 4.78 is 6.20. The number of nitrogens with zero attached hydrogens (tertiary/aromatic N) is 2. The molecule has 0 amide bonds. The Balaban J connectivity index is 2.12. The largest absolute Gasteiger partial charge is 0.487 e. The first kappa shape index (κ1) is 14.0. The van der Waals surface area contributed by atoms with E-state index in [0.717, 1.165) is 5.56 Å². The molecule has 0 atom stereocenters. The van der Waals surface area contributed by atoms with Gasteiger partial charge in [0.05, 0.1) is 27.1 Å². The lowest BCUT2D eigenvalue weighted by molar-refractivity contribution is -0.385. The van der Waals surface area contributed by atoms with Crippen molar-refractivity contribution in [1.82, 2.24) is 0 Å². The van der Waals surface area contributed by atoms with Crippen LogP contribution in [0.4, 0.5) is 5.69 Å². The summed E-state index contributed by atoms with van der Waals surface area (Å²) in [4.78, 5) is 10.2. The highest BCUT2D eigenvalue weighted by atomic mass is 79.9. The summed E-state index contributed by atoms with van der Waals surface area (Å²) in [5.74, 6) is 0.406. The van der Waals surface area contributed by atoms with Crippen LogP contribution < -0.4 is 4.74 Å². The molecule has 0 heterocycles. The standard InChI is InChI=1S/C14H9BrN2O3/c15-13-6-5-12(17(18)19)7-14(13)20-9-11-3-1-10(8-16)2-4-11/h1-7H,9H2. The van der Waals surface area contributed by atoms with Crippen molar-refractivity contribution < 1.29 is 9.66 Å². The third kappa shape index (κ3) is 3.33. The molecule has 100 valence electrons. The fourth-order valence-electron chi connectivity index (χ4n) is 1.55. The van der Waals surface area contributed by atoms with Crippen molar-refractivity contribution in [3.8, 4) is 11.8 Å². The van der Waals surface area contributed by atoms with E-state index in [1.165, 1.54) is 12.1 Å². The molecule has 0 radical (unpaired) electrons. The maximum Gasteiger partial charge on any atom is 0.273 e. The van der Waals surface area contributed by atoms with Crippen LogP contribution in [0.25, 0.3) is 0 Å². The molecule has 0 aliphatic heterocycles. The zero-order valence-electron chi connectivity index (χ0n) is 10.2. The van der Waals surface area contributed by atoms with Gasteiger partial charge in [-0.3, -0.25) is 10.1 Å². The summed E-state index contributed by atoms with van der Waals surface area (Å²) in [6.07, 6.45) is 0. The number of nitro benzene ring substituents is 1.